The van der Waals surface area contributed by atoms with Crippen molar-refractivity contribution in [1.29, 1.82) is 0 Å². The molecule has 0 aliphatic carbocycles. The second-order valence-corrected chi connectivity index (χ2v) is 4.61. The fraction of sp³-hybridized carbons (Fsp3) is 0.286. The van der Waals surface area contributed by atoms with Crippen molar-refractivity contribution in [1.82, 2.24) is 9.97 Å². The lowest BCUT2D eigenvalue weighted by Crippen LogP contribution is -2.14. The Hall–Kier alpha value is -2.50. The summed E-state index contributed by atoms with van der Waals surface area (Å²) in [7, 11) is 1.62. The first kappa shape index (κ1) is 13.9. The lowest BCUT2D eigenvalue weighted by Gasteiger charge is -2.15. The second-order valence-electron chi connectivity index (χ2n) is 4.61. The van der Waals surface area contributed by atoms with E-state index in [1.165, 1.54) is 6.33 Å². The molecule has 106 valence electrons. The van der Waals surface area contributed by atoms with Crippen LogP contribution < -0.4 is 21.1 Å². The van der Waals surface area contributed by atoms with Crippen LogP contribution in [0.15, 0.2) is 30.6 Å². The van der Waals surface area contributed by atoms with E-state index < -0.39 is 0 Å². The highest BCUT2D eigenvalue weighted by Gasteiger charge is 2.10. The van der Waals surface area contributed by atoms with Crippen molar-refractivity contribution in [3.63, 3.8) is 0 Å². The lowest BCUT2D eigenvalue weighted by atomic mass is 10.3. The minimum absolute atomic E-state index is 0.242. The van der Waals surface area contributed by atoms with Crippen LogP contribution >= 0.6 is 0 Å². The molecule has 0 amide bonds. The van der Waals surface area contributed by atoms with Crippen LogP contribution in [0, 0.1) is 0 Å². The Morgan fingerprint density at radius 1 is 1.15 bits per heavy atom. The molecule has 2 rings (SSSR count). The van der Waals surface area contributed by atoms with Crippen molar-refractivity contribution < 1.29 is 4.74 Å². The van der Waals surface area contributed by atoms with Gasteiger partial charge in [0.05, 0.1) is 12.8 Å². The van der Waals surface area contributed by atoms with Gasteiger partial charge in [-0.2, -0.15) is 0 Å². The van der Waals surface area contributed by atoms with E-state index in [-0.39, 0.29) is 6.04 Å². The summed E-state index contributed by atoms with van der Waals surface area (Å²) in [6.45, 7) is 4.05. The van der Waals surface area contributed by atoms with E-state index in [0.717, 1.165) is 11.4 Å². The van der Waals surface area contributed by atoms with E-state index in [1.807, 2.05) is 38.1 Å². The van der Waals surface area contributed by atoms with Crippen LogP contribution in [0.4, 0.5) is 23.0 Å². The second kappa shape index (κ2) is 6.10. The number of para-hydroxylation sites is 2. The van der Waals surface area contributed by atoms with Crippen molar-refractivity contribution in [3.8, 4) is 5.75 Å². The van der Waals surface area contributed by atoms with Gasteiger partial charge in [0.1, 0.15) is 17.8 Å². The summed E-state index contributed by atoms with van der Waals surface area (Å²) in [5, 5.41) is 6.34. The van der Waals surface area contributed by atoms with Crippen LogP contribution in [0.1, 0.15) is 13.8 Å². The highest BCUT2D eigenvalue weighted by Crippen LogP contribution is 2.30. The molecule has 1 aromatic carbocycles. The van der Waals surface area contributed by atoms with Crippen LogP contribution in [0.5, 0.6) is 5.75 Å². The molecule has 0 bridgehead atoms. The maximum Gasteiger partial charge on any atom is 0.159 e. The molecule has 0 aliphatic heterocycles. The minimum atomic E-state index is 0.242. The molecule has 0 radical (unpaired) electrons. The summed E-state index contributed by atoms with van der Waals surface area (Å²) >= 11 is 0. The summed E-state index contributed by atoms with van der Waals surface area (Å²) < 4.78 is 5.29. The molecule has 0 fully saturated rings. The smallest absolute Gasteiger partial charge is 0.159 e. The number of hydrogen-bond donors (Lipinski definition) is 3. The van der Waals surface area contributed by atoms with Crippen molar-refractivity contribution in [2.24, 2.45) is 0 Å². The van der Waals surface area contributed by atoms with E-state index in [1.54, 1.807) is 7.11 Å². The number of nitrogens with two attached hydrogens (primary N) is 1. The van der Waals surface area contributed by atoms with Gasteiger partial charge in [-0.1, -0.05) is 12.1 Å². The molecular weight excluding hydrogens is 254 g/mol. The van der Waals surface area contributed by atoms with Crippen LogP contribution in [-0.4, -0.2) is 23.1 Å². The Morgan fingerprint density at radius 3 is 2.55 bits per heavy atom. The molecule has 0 unspecified atom stereocenters. The number of hydrogen-bond acceptors (Lipinski definition) is 6. The van der Waals surface area contributed by atoms with E-state index in [9.17, 15) is 0 Å². The number of rotatable bonds is 5. The monoisotopic (exact) mass is 273 g/mol. The third-order valence-corrected chi connectivity index (χ3v) is 2.67. The Labute approximate surface area is 118 Å². The van der Waals surface area contributed by atoms with Gasteiger partial charge in [0.15, 0.2) is 11.6 Å². The number of nitrogen functional groups attached to an aromatic ring is 1. The Morgan fingerprint density at radius 2 is 1.85 bits per heavy atom. The summed E-state index contributed by atoms with van der Waals surface area (Å²) in [6, 6.07) is 7.82. The molecule has 0 saturated heterocycles. The summed E-state index contributed by atoms with van der Waals surface area (Å²) in [5.41, 5.74) is 7.36. The molecule has 0 saturated carbocycles. The molecule has 4 N–H and O–H groups in total. The van der Waals surface area contributed by atoms with Gasteiger partial charge in [-0.15, -0.1) is 0 Å². The van der Waals surface area contributed by atoms with Gasteiger partial charge in [0, 0.05) is 6.04 Å². The maximum absolute atomic E-state index is 6.08. The fourth-order valence-electron chi connectivity index (χ4n) is 1.76. The molecule has 1 heterocycles. The molecule has 6 heteroatoms. The average molecular weight is 273 g/mol. The van der Waals surface area contributed by atoms with Gasteiger partial charge < -0.3 is 21.1 Å². The Bertz CT molecular complexity index is 586. The van der Waals surface area contributed by atoms with Crippen molar-refractivity contribution in [3.05, 3.63) is 30.6 Å². The maximum atomic E-state index is 6.08. The third kappa shape index (κ3) is 3.09. The number of ether oxygens (including phenoxy) is 1. The first-order chi connectivity index (χ1) is 9.61. The van der Waals surface area contributed by atoms with E-state index in [4.69, 9.17) is 10.5 Å². The third-order valence-electron chi connectivity index (χ3n) is 2.67. The zero-order valence-corrected chi connectivity index (χ0v) is 11.8. The molecule has 0 atom stereocenters. The molecule has 0 aliphatic rings. The van der Waals surface area contributed by atoms with E-state index >= 15 is 0 Å². The molecule has 2 aromatic rings. The highest BCUT2D eigenvalue weighted by molar-refractivity contribution is 5.79. The predicted octanol–water partition coefficient (Wildman–Crippen LogP) is 2.63. The van der Waals surface area contributed by atoms with Crippen molar-refractivity contribution in [2.45, 2.75) is 19.9 Å². The zero-order valence-electron chi connectivity index (χ0n) is 11.8. The zero-order chi connectivity index (χ0) is 14.5. The van der Waals surface area contributed by atoms with Gasteiger partial charge in [-0.25, -0.2) is 9.97 Å². The van der Waals surface area contributed by atoms with E-state index in [0.29, 0.717) is 17.3 Å². The van der Waals surface area contributed by atoms with Crippen LogP contribution in [0.3, 0.4) is 0 Å². The Kier molecular flexibility index (Phi) is 4.24. The fourth-order valence-corrected chi connectivity index (χ4v) is 1.76. The summed E-state index contributed by atoms with van der Waals surface area (Å²) in [5.74, 6) is 1.89. The Balaban J connectivity index is 2.29. The summed E-state index contributed by atoms with van der Waals surface area (Å²) in [4.78, 5) is 8.32. The SMILES string of the molecule is COc1ccccc1Nc1ncnc(NC(C)C)c1N. The largest absolute Gasteiger partial charge is 0.495 e. The molecule has 20 heavy (non-hydrogen) atoms. The summed E-state index contributed by atoms with van der Waals surface area (Å²) in [6.07, 6.45) is 1.47. The molecule has 1 aromatic heterocycles. The standard InChI is InChI=1S/C14H19N5O/c1-9(2)18-13-12(15)14(17-8-16-13)19-10-6-4-5-7-11(10)20-3/h4-9H,15H2,1-3H3,(H2,16,17,18,19). The van der Waals surface area contributed by atoms with Gasteiger partial charge in [-0.05, 0) is 26.0 Å². The van der Waals surface area contributed by atoms with Crippen LogP contribution in [0.2, 0.25) is 0 Å². The molecule has 0 spiro atoms. The van der Waals surface area contributed by atoms with Gasteiger partial charge in [0.2, 0.25) is 0 Å². The van der Waals surface area contributed by atoms with Crippen molar-refractivity contribution in [2.75, 3.05) is 23.5 Å². The molecular formula is C14H19N5O. The van der Waals surface area contributed by atoms with Gasteiger partial charge in [-0.3, -0.25) is 0 Å². The number of anilines is 4. The minimum Gasteiger partial charge on any atom is -0.495 e. The van der Waals surface area contributed by atoms with Crippen LogP contribution in [0.25, 0.3) is 0 Å². The quantitative estimate of drug-likeness (QED) is 0.776. The topological polar surface area (TPSA) is 85.1 Å². The molecule has 6 nitrogen and oxygen atoms in total. The van der Waals surface area contributed by atoms with Crippen LogP contribution in [-0.2, 0) is 0 Å². The first-order valence-electron chi connectivity index (χ1n) is 6.39. The number of methoxy groups -OCH3 is 1. The number of aromatic nitrogens is 2. The van der Waals surface area contributed by atoms with Gasteiger partial charge >= 0.3 is 0 Å². The van der Waals surface area contributed by atoms with E-state index in [2.05, 4.69) is 20.6 Å². The predicted molar refractivity (Wildman–Crippen MR) is 81.5 cm³/mol. The average Bonchev–Trinajstić information content (AvgIpc) is 2.43. The normalized spacial score (nSPS) is 10.4. The number of benzene rings is 1. The van der Waals surface area contributed by atoms with Crippen molar-refractivity contribution >= 4 is 23.0 Å². The van der Waals surface area contributed by atoms with Gasteiger partial charge in [0.25, 0.3) is 0 Å². The number of nitrogens with one attached hydrogen (secondary N) is 2. The highest BCUT2D eigenvalue weighted by atomic mass is 16.5. The first-order valence-corrected chi connectivity index (χ1v) is 6.39. The number of nitrogens with zero attached hydrogens (tertiary/aromatic N) is 2. The lowest BCUT2D eigenvalue weighted by molar-refractivity contribution is 0.417.